The molecule has 1 aromatic heterocycles. The standard InChI is InChI=1S/C23H22ClN3O2/c1-13(25-15(3)28)12-20-23-21(14(2)27-29-23)18-6-4-5-7-19(18)22(26-20)16-8-10-17(24)11-9-16/h4-11,13,20H,12H2,1-3H3,(H,25,28)/t13?,20-/m0/s1. The Labute approximate surface area is 174 Å². The predicted octanol–water partition coefficient (Wildman–Crippen LogP) is 5.11. The Hall–Kier alpha value is -2.92. The topological polar surface area (TPSA) is 67.5 Å². The molecule has 1 amide bonds. The lowest BCUT2D eigenvalue weighted by molar-refractivity contribution is -0.119. The van der Waals surface area contributed by atoms with E-state index in [1.807, 2.05) is 50.2 Å². The van der Waals surface area contributed by atoms with Crippen molar-refractivity contribution in [3.8, 4) is 11.1 Å². The maximum Gasteiger partial charge on any atom is 0.217 e. The molecule has 1 aliphatic heterocycles. The van der Waals surface area contributed by atoms with E-state index in [2.05, 4.69) is 22.6 Å². The number of hydrogen-bond donors (Lipinski definition) is 1. The van der Waals surface area contributed by atoms with Crippen LogP contribution in [0.1, 0.15) is 48.9 Å². The molecule has 0 fully saturated rings. The lowest BCUT2D eigenvalue weighted by Crippen LogP contribution is -2.31. The highest BCUT2D eigenvalue weighted by atomic mass is 35.5. The van der Waals surface area contributed by atoms with Gasteiger partial charge in [-0.05, 0) is 38.0 Å². The molecule has 0 saturated carbocycles. The van der Waals surface area contributed by atoms with Crippen molar-refractivity contribution in [2.75, 3.05) is 0 Å². The molecule has 0 spiro atoms. The lowest BCUT2D eigenvalue weighted by atomic mass is 9.92. The Balaban J connectivity index is 1.89. The Kier molecular flexibility index (Phi) is 5.24. The monoisotopic (exact) mass is 407 g/mol. The minimum absolute atomic E-state index is 0.0628. The molecule has 29 heavy (non-hydrogen) atoms. The third-order valence-corrected chi connectivity index (χ3v) is 5.32. The molecular weight excluding hydrogens is 386 g/mol. The largest absolute Gasteiger partial charge is 0.358 e. The van der Waals surface area contributed by atoms with E-state index >= 15 is 0 Å². The summed E-state index contributed by atoms with van der Waals surface area (Å²) in [6, 6.07) is 15.5. The van der Waals surface area contributed by atoms with Crippen LogP contribution in [0, 0.1) is 6.92 Å². The number of aromatic nitrogens is 1. The molecule has 0 aliphatic carbocycles. The number of halogens is 1. The molecule has 0 bridgehead atoms. The molecule has 1 aliphatic rings. The zero-order valence-corrected chi connectivity index (χ0v) is 17.3. The van der Waals surface area contributed by atoms with Crippen LogP contribution in [0.2, 0.25) is 5.02 Å². The Morgan fingerprint density at radius 3 is 2.55 bits per heavy atom. The summed E-state index contributed by atoms with van der Waals surface area (Å²) in [7, 11) is 0. The van der Waals surface area contributed by atoms with Crippen LogP contribution in [0.5, 0.6) is 0 Å². The van der Waals surface area contributed by atoms with Crippen LogP contribution in [0.3, 0.4) is 0 Å². The zero-order valence-electron chi connectivity index (χ0n) is 16.6. The average molecular weight is 408 g/mol. The van der Waals surface area contributed by atoms with Gasteiger partial charge in [-0.15, -0.1) is 0 Å². The SMILES string of the molecule is CC(=O)NC(C)C[C@@H]1N=C(c2ccc(Cl)cc2)c2ccccc2-c2c(C)noc21. The maximum atomic E-state index is 11.5. The van der Waals surface area contributed by atoms with Crippen molar-refractivity contribution in [1.29, 1.82) is 0 Å². The van der Waals surface area contributed by atoms with Gasteiger partial charge in [0.1, 0.15) is 6.04 Å². The summed E-state index contributed by atoms with van der Waals surface area (Å²) < 4.78 is 5.75. The first-order valence-corrected chi connectivity index (χ1v) is 9.98. The van der Waals surface area contributed by atoms with Crippen LogP contribution in [0.4, 0.5) is 0 Å². The summed E-state index contributed by atoms with van der Waals surface area (Å²) in [5.74, 6) is 0.668. The van der Waals surface area contributed by atoms with Gasteiger partial charge in [0.15, 0.2) is 5.76 Å². The molecule has 3 aromatic rings. The highest BCUT2D eigenvalue weighted by Crippen LogP contribution is 2.41. The van der Waals surface area contributed by atoms with Crippen LogP contribution in [-0.4, -0.2) is 22.8 Å². The summed E-state index contributed by atoms with van der Waals surface area (Å²) in [5, 5.41) is 7.84. The normalized spacial score (nSPS) is 16.3. The van der Waals surface area contributed by atoms with Crippen molar-refractivity contribution in [3.05, 3.63) is 76.1 Å². The Bertz CT molecular complexity index is 1090. The van der Waals surface area contributed by atoms with Crippen LogP contribution in [0.15, 0.2) is 58.0 Å². The molecular formula is C23H22ClN3O2. The van der Waals surface area contributed by atoms with E-state index in [9.17, 15) is 4.79 Å². The number of nitrogens with zero attached hydrogens (tertiary/aromatic N) is 2. The van der Waals surface area contributed by atoms with Gasteiger partial charge in [0.25, 0.3) is 0 Å². The fraction of sp³-hybridized carbons (Fsp3) is 0.261. The third kappa shape index (κ3) is 3.83. The fourth-order valence-corrected chi connectivity index (χ4v) is 4.00. The average Bonchev–Trinajstić information content (AvgIpc) is 3.00. The summed E-state index contributed by atoms with van der Waals surface area (Å²) in [6.45, 7) is 5.44. The first-order valence-electron chi connectivity index (χ1n) is 9.61. The van der Waals surface area contributed by atoms with Gasteiger partial charge >= 0.3 is 0 Å². The number of nitrogens with one attached hydrogen (secondary N) is 1. The van der Waals surface area contributed by atoms with Gasteiger partial charge in [-0.3, -0.25) is 9.79 Å². The first kappa shape index (κ1) is 19.4. The highest BCUT2D eigenvalue weighted by molar-refractivity contribution is 6.30. The molecule has 6 heteroatoms. The van der Waals surface area contributed by atoms with Gasteiger partial charge < -0.3 is 9.84 Å². The minimum atomic E-state index is -0.272. The lowest BCUT2D eigenvalue weighted by Gasteiger charge is -2.17. The molecule has 4 rings (SSSR count). The van der Waals surface area contributed by atoms with Gasteiger partial charge in [-0.2, -0.15) is 0 Å². The summed E-state index contributed by atoms with van der Waals surface area (Å²) in [5.41, 5.74) is 5.74. The molecule has 148 valence electrons. The summed E-state index contributed by atoms with van der Waals surface area (Å²) in [6.07, 6.45) is 0.603. The highest BCUT2D eigenvalue weighted by Gasteiger charge is 2.31. The number of hydrogen-bond acceptors (Lipinski definition) is 4. The van der Waals surface area contributed by atoms with E-state index in [1.165, 1.54) is 6.92 Å². The van der Waals surface area contributed by atoms with Gasteiger partial charge in [-0.25, -0.2) is 0 Å². The first-order chi connectivity index (χ1) is 13.9. The molecule has 2 atom stereocenters. The number of benzene rings is 2. The van der Waals surface area contributed by atoms with Gasteiger partial charge in [-0.1, -0.05) is 53.2 Å². The molecule has 1 N–H and O–H groups in total. The van der Waals surface area contributed by atoms with Gasteiger partial charge in [0.2, 0.25) is 5.91 Å². The van der Waals surface area contributed by atoms with Crippen molar-refractivity contribution >= 4 is 23.2 Å². The zero-order chi connectivity index (χ0) is 20.5. The molecule has 1 unspecified atom stereocenters. The van der Waals surface area contributed by atoms with Crippen molar-refractivity contribution in [1.82, 2.24) is 10.5 Å². The van der Waals surface area contributed by atoms with Crippen molar-refractivity contribution in [2.45, 2.75) is 39.3 Å². The van der Waals surface area contributed by atoms with E-state index in [4.69, 9.17) is 21.1 Å². The number of aryl methyl sites for hydroxylation is 1. The van der Waals surface area contributed by atoms with E-state index in [0.717, 1.165) is 39.4 Å². The molecule has 0 saturated heterocycles. The van der Waals surface area contributed by atoms with E-state index in [-0.39, 0.29) is 18.0 Å². The minimum Gasteiger partial charge on any atom is -0.358 e. The van der Waals surface area contributed by atoms with Crippen molar-refractivity contribution in [2.24, 2.45) is 4.99 Å². The van der Waals surface area contributed by atoms with Crippen LogP contribution >= 0.6 is 11.6 Å². The molecule has 0 radical (unpaired) electrons. The number of carbonyl (C=O) groups is 1. The smallest absolute Gasteiger partial charge is 0.217 e. The summed E-state index contributed by atoms with van der Waals surface area (Å²) in [4.78, 5) is 16.6. The molecule has 5 nitrogen and oxygen atoms in total. The van der Waals surface area contributed by atoms with Gasteiger partial charge in [0.05, 0.1) is 17.0 Å². The number of carbonyl (C=O) groups excluding carboxylic acids is 1. The maximum absolute atomic E-state index is 11.5. The second kappa shape index (κ2) is 7.84. The second-order valence-corrected chi connectivity index (χ2v) is 7.83. The van der Waals surface area contributed by atoms with Crippen molar-refractivity contribution in [3.63, 3.8) is 0 Å². The number of amides is 1. The Morgan fingerprint density at radius 1 is 1.17 bits per heavy atom. The van der Waals surface area contributed by atoms with E-state index < -0.39 is 0 Å². The Morgan fingerprint density at radius 2 is 1.86 bits per heavy atom. The van der Waals surface area contributed by atoms with Crippen molar-refractivity contribution < 1.29 is 9.32 Å². The molecule has 2 heterocycles. The van der Waals surface area contributed by atoms with Crippen LogP contribution in [-0.2, 0) is 4.79 Å². The fourth-order valence-electron chi connectivity index (χ4n) is 3.87. The third-order valence-electron chi connectivity index (χ3n) is 5.07. The number of aliphatic imine (C=N–C) groups is 1. The van der Waals surface area contributed by atoms with E-state index in [0.29, 0.717) is 11.4 Å². The van der Waals surface area contributed by atoms with E-state index in [1.54, 1.807) is 0 Å². The van der Waals surface area contributed by atoms with Crippen LogP contribution in [0.25, 0.3) is 11.1 Å². The summed E-state index contributed by atoms with van der Waals surface area (Å²) >= 11 is 6.10. The predicted molar refractivity (Wildman–Crippen MR) is 114 cm³/mol. The number of fused-ring (bicyclic) bond motifs is 3. The van der Waals surface area contributed by atoms with Gasteiger partial charge in [0, 0.05) is 29.1 Å². The number of rotatable bonds is 4. The second-order valence-electron chi connectivity index (χ2n) is 7.39. The van der Waals surface area contributed by atoms with Crippen LogP contribution < -0.4 is 5.32 Å². The quantitative estimate of drug-likeness (QED) is 0.653. The molecule has 2 aromatic carbocycles.